The first-order valence-electron chi connectivity index (χ1n) is 14.9. The lowest BCUT2D eigenvalue weighted by atomic mass is 9.96. The van der Waals surface area contributed by atoms with Crippen LogP contribution in [0, 0.1) is 0 Å². The maximum Gasteiger partial charge on any atom is 0.143 e. The highest BCUT2D eigenvalue weighted by Crippen LogP contribution is 2.42. The fourth-order valence-electron chi connectivity index (χ4n) is 6.12. The van der Waals surface area contributed by atoms with E-state index in [1.165, 1.54) is 10.8 Å². The lowest BCUT2D eigenvalue weighted by molar-refractivity contribution is 0.632. The van der Waals surface area contributed by atoms with Crippen LogP contribution in [0.5, 0.6) is 0 Å². The van der Waals surface area contributed by atoms with Gasteiger partial charge in [0.25, 0.3) is 0 Å². The van der Waals surface area contributed by atoms with Crippen molar-refractivity contribution < 1.29 is 4.42 Å². The minimum absolute atomic E-state index is 0.891. The molecule has 1 heterocycles. The Bertz CT molecular complexity index is 2210. The summed E-state index contributed by atoms with van der Waals surface area (Å²) in [4.78, 5) is 2.31. The molecule has 2 heteroatoms. The second kappa shape index (κ2) is 11.1. The highest BCUT2D eigenvalue weighted by Gasteiger charge is 2.18. The van der Waals surface area contributed by atoms with E-state index in [0.717, 1.165) is 61.6 Å². The predicted octanol–water partition coefficient (Wildman–Crippen LogP) is 12.1. The molecule has 0 aliphatic rings. The normalized spacial score (nSPS) is 11.2. The molecule has 7 aromatic carbocycles. The minimum atomic E-state index is 0.891. The van der Waals surface area contributed by atoms with Crippen molar-refractivity contribution in [2.24, 2.45) is 0 Å². The summed E-state index contributed by atoms with van der Waals surface area (Å²) in [7, 11) is 0. The summed E-state index contributed by atoms with van der Waals surface area (Å²) in [6, 6.07) is 62.0. The predicted molar refractivity (Wildman–Crippen MR) is 185 cm³/mol. The molecule has 0 amide bonds. The zero-order valence-electron chi connectivity index (χ0n) is 24.1. The summed E-state index contributed by atoms with van der Waals surface area (Å²) in [5.74, 6) is 0.891. The molecule has 0 saturated carbocycles. The van der Waals surface area contributed by atoms with Crippen LogP contribution >= 0.6 is 0 Å². The Kier molecular flexibility index (Phi) is 6.51. The number of rotatable bonds is 6. The van der Waals surface area contributed by atoms with E-state index < -0.39 is 0 Å². The molecule has 0 N–H and O–H groups in total. The average molecular weight is 564 g/mol. The molecule has 0 unspecified atom stereocenters. The molecule has 8 aromatic rings. The van der Waals surface area contributed by atoms with Crippen molar-refractivity contribution >= 4 is 38.8 Å². The van der Waals surface area contributed by atoms with E-state index in [-0.39, 0.29) is 0 Å². The second-order valence-electron chi connectivity index (χ2n) is 11.0. The van der Waals surface area contributed by atoms with Gasteiger partial charge in [-0.3, -0.25) is 0 Å². The topological polar surface area (TPSA) is 16.4 Å². The maximum absolute atomic E-state index is 6.50. The molecule has 44 heavy (non-hydrogen) atoms. The highest BCUT2D eigenvalue weighted by atomic mass is 16.3. The van der Waals surface area contributed by atoms with E-state index in [1.54, 1.807) is 0 Å². The van der Waals surface area contributed by atoms with Gasteiger partial charge in [0.15, 0.2) is 0 Å². The van der Waals surface area contributed by atoms with Gasteiger partial charge in [-0.05, 0) is 76.0 Å². The van der Waals surface area contributed by atoms with Crippen molar-refractivity contribution in [2.45, 2.75) is 0 Å². The van der Waals surface area contributed by atoms with Crippen LogP contribution in [0.1, 0.15) is 0 Å². The zero-order chi connectivity index (χ0) is 29.3. The van der Waals surface area contributed by atoms with E-state index in [0.29, 0.717) is 0 Å². The molecule has 0 bridgehead atoms. The lowest BCUT2D eigenvalue weighted by Gasteiger charge is -2.26. The zero-order valence-corrected chi connectivity index (χ0v) is 24.1. The fourth-order valence-corrected chi connectivity index (χ4v) is 6.12. The molecule has 0 saturated heterocycles. The summed E-state index contributed by atoms with van der Waals surface area (Å²) in [6.07, 6.45) is 0. The third-order valence-corrected chi connectivity index (χ3v) is 8.25. The van der Waals surface area contributed by atoms with Gasteiger partial charge in [0.2, 0.25) is 0 Å². The number of nitrogens with zero attached hydrogens (tertiary/aromatic N) is 1. The molecule has 0 atom stereocenters. The SMILES string of the molecule is c1ccc(-c2c(-c3cccc(-c4ccc(N(c5ccccc5)c5ccc6ccccc6c5)cc4)c3)oc3ccccc23)cc1. The number of para-hydroxylation sites is 2. The first kappa shape index (κ1) is 25.8. The Labute approximate surface area is 257 Å². The maximum atomic E-state index is 6.50. The Hall–Kier alpha value is -5.86. The number of fused-ring (bicyclic) bond motifs is 2. The van der Waals surface area contributed by atoms with Crippen molar-refractivity contribution in [1.82, 2.24) is 0 Å². The molecule has 0 aliphatic heterocycles. The summed E-state index contributed by atoms with van der Waals surface area (Å²) in [5, 5.41) is 3.58. The molecule has 0 fully saturated rings. The molecule has 8 rings (SSSR count). The van der Waals surface area contributed by atoms with Crippen LogP contribution in [0.25, 0.3) is 55.3 Å². The third kappa shape index (κ3) is 4.73. The van der Waals surface area contributed by atoms with Crippen LogP contribution in [-0.4, -0.2) is 0 Å². The quantitative estimate of drug-likeness (QED) is 0.200. The van der Waals surface area contributed by atoms with Gasteiger partial charge >= 0.3 is 0 Å². The summed E-state index contributed by atoms with van der Waals surface area (Å²) in [5.41, 5.74) is 9.88. The molecule has 208 valence electrons. The van der Waals surface area contributed by atoms with Crippen LogP contribution in [0.15, 0.2) is 180 Å². The van der Waals surface area contributed by atoms with Crippen molar-refractivity contribution in [3.8, 4) is 33.6 Å². The van der Waals surface area contributed by atoms with E-state index in [2.05, 4.69) is 169 Å². The number of hydrogen-bond donors (Lipinski definition) is 0. The Balaban J connectivity index is 1.19. The van der Waals surface area contributed by atoms with E-state index in [9.17, 15) is 0 Å². The summed E-state index contributed by atoms with van der Waals surface area (Å²) >= 11 is 0. The summed E-state index contributed by atoms with van der Waals surface area (Å²) < 4.78 is 6.50. The second-order valence-corrected chi connectivity index (χ2v) is 11.0. The highest BCUT2D eigenvalue weighted by molar-refractivity contribution is 6.02. The molecular weight excluding hydrogens is 534 g/mol. The van der Waals surface area contributed by atoms with Crippen LogP contribution in [0.4, 0.5) is 17.1 Å². The minimum Gasteiger partial charge on any atom is -0.455 e. The number of anilines is 3. The van der Waals surface area contributed by atoms with E-state index in [1.807, 2.05) is 12.1 Å². The molecule has 0 aliphatic carbocycles. The van der Waals surface area contributed by atoms with Gasteiger partial charge in [0.1, 0.15) is 11.3 Å². The van der Waals surface area contributed by atoms with Crippen molar-refractivity contribution in [1.29, 1.82) is 0 Å². The van der Waals surface area contributed by atoms with Crippen LogP contribution in [0.3, 0.4) is 0 Å². The Morgan fingerprint density at radius 3 is 1.80 bits per heavy atom. The molecule has 2 nitrogen and oxygen atoms in total. The van der Waals surface area contributed by atoms with Gasteiger partial charge in [-0.2, -0.15) is 0 Å². The van der Waals surface area contributed by atoms with Gasteiger partial charge in [0.05, 0.1) is 0 Å². The average Bonchev–Trinajstić information content (AvgIpc) is 3.49. The van der Waals surface area contributed by atoms with E-state index >= 15 is 0 Å². The first-order valence-corrected chi connectivity index (χ1v) is 14.9. The van der Waals surface area contributed by atoms with Gasteiger partial charge in [-0.15, -0.1) is 0 Å². The Morgan fingerprint density at radius 1 is 0.364 bits per heavy atom. The molecule has 1 aromatic heterocycles. The van der Waals surface area contributed by atoms with Crippen LogP contribution in [0.2, 0.25) is 0 Å². The lowest BCUT2D eigenvalue weighted by Crippen LogP contribution is -2.09. The van der Waals surface area contributed by atoms with Crippen molar-refractivity contribution in [2.75, 3.05) is 4.90 Å². The molecule has 0 radical (unpaired) electrons. The van der Waals surface area contributed by atoms with Crippen LogP contribution in [-0.2, 0) is 0 Å². The van der Waals surface area contributed by atoms with Gasteiger partial charge in [0, 0.05) is 33.6 Å². The van der Waals surface area contributed by atoms with Gasteiger partial charge in [-0.25, -0.2) is 0 Å². The number of hydrogen-bond acceptors (Lipinski definition) is 2. The fraction of sp³-hybridized carbons (Fsp3) is 0. The largest absolute Gasteiger partial charge is 0.455 e. The monoisotopic (exact) mass is 563 g/mol. The van der Waals surface area contributed by atoms with Gasteiger partial charge in [-0.1, -0.05) is 127 Å². The van der Waals surface area contributed by atoms with Gasteiger partial charge < -0.3 is 9.32 Å². The first-order chi connectivity index (χ1) is 21.8. The standard InChI is InChI=1S/C42H29NO/c1-3-13-32(14-4-1)41-39-20-9-10-21-40(39)44-42(41)35-17-11-16-33(28-35)31-22-25-37(26-23-31)43(36-18-5-2-6-19-36)38-27-24-30-12-7-8-15-34(30)29-38/h1-29H. The Morgan fingerprint density at radius 2 is 0.977 bits per heavy atom. The van der Waals surface area contributed by atoms with Crippen LogP contribution < -0.4 is 4.90 Å². The third-order valence-electron chi connectivity index (χ3n) is 8.25. The van der Waals surface area contributed by atoms with E-state index in [4.69, 9.17) is 4.42 Å². The molecular formula is C42H29NO. The number of benzene rings is 7. The van der Waals surface area contributed by atoms with Crippen molar-refractivity contribution in [3.63, 3.8) is 0 Å². The van der Waals surface area contributed by atoms with Crippen molar-refractivity contribution in [3.05, 3.63) is 176 Å². The smallest absolute Gasteiger partial charge is 0.143 e. The summed E-state index contributed by atoms with van der Waals surface area (Å²) in [6.45, 7) is 0. The number of furan rings is 1. The molecule has 0 spiro atoms.